The van der Waals surface area contributed by atoms with E-state index in [-0.39, 0.29) is 5.91 Å². The third-order valence-electron chi connectivity index (χ3n) is 5.07. The number of carbonyl (C=O) groups excluding carboxylic acids is 1. The number of nitrogens with zero attached hydrogens (tertiary/aromatic N) is 6. The number of carbonyl (C=O) groups is 1. The van der Waals surface area contributed by atoms with Gasteiger partial charge in [0.2, 0.25) is 0 Å². The molecule has 10 heteroatoms. The highest BCUT2D eigenvalue weighted by atomic mass is 35.5. The summed E-state index contributed by atoms with van der Waals surface area (Å²) >= 11 is 7.80. The molecule has 0 fully saturated rings. The normalized spacial score (nSPS) is 13.5. The molecule has 0 spiro atoms. The lowest BCUT2D eigenvalue weighted by molar-refractivity contribution is 0.102. The van der Waals surface area contributed by atoms with Gasteiger partial charge in [-0.15, -0.1) is 21.5 Å². The molecule has 1 aliphatic heterocycles. The van der Waals surface area contributed by atoms with Crippen LogP contribution in [0.1, 0.15) is 35.6 Å². The summed E-state index contributed by atoms with van der Waals surface area (Å²) in [6.07, 6.45) is 7.58. The summed E-state index contributed by atoms with van der Waals surface area (Å²) in [6.45, 7) is 0.869. The monoisotopic (exact) mass is 451 g/mol. The molecule has 0 atom stereocenters. The number of anilines is 1. The van der Waals surface area contributed by atoms with Gasteiger partial charge in [-0.3, -0.25) is 4.79 Å². The van der Waals surface area contributed by atoms with Gasteiger partial charge in [0.15, 0.2) is 16.7 Å². The van der Waals surface area contributed by atoms with Crippen molar-refractivity contribution >= 4 is 34.5 Å². The van der Waals surface area contributed by atoms with Crippen molar-refractivity contribution in [2.24, 2.45) is 0 Å². The fraction of sp³-hybridized carbons (Fsp3) is 0.238. The van der Waals surface area contributed by atoms with Gasteiger partial charge in [-0.05, 0) is 37.1 Å². The molecule has 0 unspecified atom stereocenters. The highest BCUT2D eigenvalue weighted by Gasteiger charge is 2.19. The molecular formula is C21H18ClN7OS. The van der Waals surface area contributed by atoms with Crippen molar-refractivity contribution in [3.05, 3.63) is 58.6 Å². The molecule has 3 aromatic heterocycles. The Bertz CT molecular complexity index is 1240. The molecule has 4 heterocycles. The van der Waals surface area contributed by atoms with Crippen molar-refractivity contribution in [3.63, 3.8) is 0 Å². The van der Waals surface area contributed by atoms with Gasteiger partial charge in [-0.2, -0.15) is 0 Å². The van der Waals surface area contributed by atoms with Gasteiger partial charge in [0.1, 0.15) is 11.5 Å². The molecule has 8 nitrogen and oxygen atoms in total. The molecule has 0 saturated heterocycles. The average Bonchev–Trinajstić information content (AvgIpc) is 3.38. The minimum atomic E-state index is -0.313. The lowest BCUT2D eigenvalue weighted by Gasteiger charge is -2.10. The molecule has 0 aliphatic carbocycles. The Morgan fingerprint density at radius 3 is 2.87 bits per heavy atom. The van der Waals surface area contributed by atoms with Crippen LogP contribution in [0.4, 0.5) is 5.69 Å². The molecule has 1 aromatic carbocycles. The number of halogens is 1. The van der Waals surface area contributed by atoms with E-state index in [1.807, 2.05) is 6.07 Å². The summed E-state index contributed by atoms with van der Waals surface area (Å²) in [6, 6.07) is 7.08. The van der Waals surface area contributed by atoms with Gasteiger partial charge in [0, 0.05) is 42.0 Å². The largest absolute Gasteiger partial charge is 0.321 e. The molecular weight excluding hydrogens is 434 g/mol. The van der Waals surface area contributed by atoms with Crippen LogP contribution in [0.25, 0.3) is 22.2 Å². The first-order valence-electron chi connectivity index (χ1n) is 9.95. The van der Waals surface area contributed by atoms with Crippen LogP contribution in [0, 0.1) is 0 Å². The first-order valence-corrected chi connectivity index (χ1v) is 11.2. The maximum absolute atomic E-state index is 12.7. The van der Waals surface area contributed by atoms with Crippen LogP contribution in [0.5, 0.6) is 0 Å². The van der Waals surface area contributed by atoms with E-state index in [1.165, 1.54) is 17.8 Å². The lowest BCUT2D eigenvalue weighted by Crippen LogP contribution is -2.12. The molecule has 156 valence electrons. The molecule has 1 aliphatic rings. The van der Waals surface area contributed by atoms with E-state index in [0.717, 1.165) is 43.0 Å². The maximum atomic E-state index is 12.7. The van der Waals surface area contributed by atoms with E-state index in [4.69, 9.17) is 11.6 Å². The molecule has 0 radical (unpaired) electrons. The predicted octanol–water partition coefficient (Wildman–Crippen LogP) is 4.49. The first-order chi connectivity index (χ1) is 15.2. The number of amides is 1. The quantitative estimate of drug-likeness (QED) is 0.490. The molecule has 5 rings (SSSR count). The molecule has 0 bridgehead atoms. The Morgan fingerprint density at radius 2 is 2.00 bits per heavy atom. The van der Waals surface area contributed by atoms with Crippen molar-refractivity contribution in [2.45, 2.75) is 32.2 Å². The third kappa shape index (κ3) is 4.06. The summed E-state index contributed by atoms with van der Waals surface area (Å²) < 4.78 is 2.13. The third-order valence-corrected chi connectivity index (χ3v) is 6.24. The molecule has 1 amide bonds. The summed E-state index contributed by atoms with van der Waals surface area (Å²) in [5.74, 6) is 1.89. The highest BCUT2D eigenvalue weighted by Crippen LogP contribution is 2.31. The minimum absolute atomic E-state index is 0.306. The number of rotatable bonds is 4. The number of thiazole rings is 1. The van der Waals surface area contributed by atoms with Crippen molar-refractivity contribution in [2.75, 3.05) is 5.32 Å². The fourth-order valence-corrected chi connectivity index (χ4v) is 4.49. The molecule has 4 aromatic rings. The number of fused-ring (bicyclic) bond motifs is 1. The van der Waals surface area contributed by atoms with Crippen LogP contribution in [0.3, 0.4) is 0 Å². The van der Waals surface area contributed by atoms with Crippen molar-refractivity contribution in [3.8, 4) is 22.2 Å². The Hall–Kier alpha value is -3.17. The Morgan fingerprint density at radius 1 is 1.13 bits per heavy atom. The first kappa shape index (κ1) is 19.8. The second kappa shape index (κ2) is 8.52. The standard InChI is InChI=1S/C21H18ClN7OS/c22-15-7-6-13(11-14(15)19-28-27-17-5-2-1-3-10-29(17)19)25-20(30)16-12-31-21(26-16)18-23-8-4-9-24-18/h4,6-9,11-12H,1-3,5,10H2,(H,25,30). The SMILES string of the molecule is O=C(Nc1ccc(Cl)c(-c2nnc3n2CCCCC3)c1)c1csc(-c2ncccn2)n1. The van der Waals surface area contributed by atoms with Gasteiger partial charge in [0.05, 0.1) is 5.02 Å². The van der Waals surface area contributed by atoms with Gasteiger partial charge in [-0.1, -0.05) is 18.0 Å². The Kier molecular flexibility index (Phi) is 5.44. The predicted molar refractivity (Wildman–Crippen MR) is 119 cm³/mol. The fourth-order valence-electron chi connectivity index (χ4n) is 3.54. The van der Waals surface area contributed by atoms with Crippen LogP contribution < -0.4 is 5.32 Å². The van der Waals surface area contributed by atoms with Gasteiger partial charge in [0.25, 0.3) is 5.91 Å². The molecule has 0 saturated carbocycles. The van der Waals surface area contributed by atoms with Crippen LogP contribution in [0.2, 0.25) is 5.02 Å². The second-order valence-corrected chi connectivity index (χ2v) is 8.43. The van der Waals surface area contributed by atoms with Crippen LogP contribution in [-0.2, 0) is 13.0 Å². The maximum Gasteiger partial charge on any atom is 0.275 e. The second-order valence-electron chi connectivity index (χ2n) is 7.16. The van der Waals surface area contributed by atoms with Crippen molar-refractivity contribution in [1.29, 1.82) is 0 Å². The zero-order chi connectivity index (χ0) is 21.2. The van der Waals surface area contributed by atoms with E-state index in [2.05, 4.69) is 35.0 Å². The van der Waals surface area contributed by atoms with Gasteiger partial charge in [-0.25, -0.2) is 15.0 Å². The van der Waals surface area contributed by atoms with Gasteiger partial charge < -0.3 is 9.88 Å². The lowest BCUT2D eigenvalue weighted by atomic mass is 10.1. The van der Waals surface area contributed by atoms with E-state index in [9.17, 15) is 4.79 Å². The van der Waals surface area contributed by atoms with Crippen LogP contribution >= 0.6 is 22.9 Å². The van der Waals surface area contributed by atoms with Crippen molar-refractivity contribution in [1.82, 2.24) is 29.7 Å². The minimum Gasteiger partial charge on any atom is -0.321 e. The van der Waals surface area contributed by atoms with E-state index < -0.39 is 0 Å². The topological polar surface area (TPSA) is 98.5 Å². The van der Waals surface area contributed by atoms with E-state index in [0.29, 0.717) is 27.2 Å². The molecule has 31 heavy (non-hydrogen) atoms. The number of aryl methyl sites for hydroxylation is 1. The van der Waals surface area contributed by atoms with Crippen LogP contribution in [0.15, 0.2) is 42.0 Å². The van der Waals surface area contributed by atoms with Crippen LogP contribution in [-0.4, -0.2) is 35.6 Å². The summed E-state index contributed by atoms with van der Waals surface area (Å²) in [5.41, 5.74) is 1.66. The number of hydrogen-bond acceptors (Lipinski definition) is 7. The zero-order valence-corrected chi connectivity index (χ0v) is 18.0. The van der Waals surface area contributed by atoms with Crippen molar-refractivity contribution < 1.29 is 4.79 Å². The highest BCUT2D eigenvalue weighted by molar-refractivity contribution is 7.13. The average molecular weight is 452 g/mol. The number of aromatic nitrogens is 6. The Labute approximate surface area is 187 Å². The van der Waals surface area contributed by atoms with E-state index >= 15 is 0 Å². The number of benzene rings is 1. The summed E-state index contributed by atoms with van der Waals surface area (Å²) in [5, 5.41) is 14.5. The summed E-state index contributed by atoms with van der Waals surface area (Å²) in [7, 11) is 0. The Balaban J connectivity index is 1.40. The zero-order valence-electron chi connectivity index (χ0n) is 16.5. The smallest absolute Gasteiger partial charge is 0.275 e. The summed E-state index contributed by atoms with van der Waals surface area (Å²) in [4.78, 5) is 25.5. The van der Waals surface area contributed by atoms with Gasteiger partial charge >= 0.3 is 0 Å². The number of hydrogen-bond donors (Lipinski definition) is 1. The number of nitrogens with one attached hydrogen (secondary N) is 1. The molecule has 1 N–H and O–H groups in total. The van der Waals surface area contributed by atoms with E-state index in [1.54, 1.807) is 36.0 Å².